The second-order valence-corrected chi connectivity index (χ2v) is 7.05. The largest absolute Gasteiger partial charge is 0.352 e. The van der Waals surface area contributed by atoms with Crippen LogP contribution < -0.4 is 11.4 Å². The maximum atomic E-state index is 13.0. The molecule has 1 aromatic heterocycles. The van der Waals surface area contributed by atoms with Gasteiger partial charge in [-0.15, -0.1) is 0 Å². The molecule has 5 heteroatoms. The molecule has 0 N–H and O–H groups in total. The van der Waals surface area contributed by atoms with E-state index in [0.29, 0.717) is 11.6 Å². The normalized spacial score (nSPS) is 34.1. The fourth-order valence-corrected chi connectivity index (χ4v) is 4.73. The van der Waals surface area contributed by atoms with Crippen molar-refractivity contribution in [1.29, 1.82) is 0 Å². The number of hydrogen-bond acceptors (Lipinski definition) is 2. The van der Waals surface area contributed by atoms with E-state index in [-0.39, 0.29) is 28.9 Å². The van der Waals surface area contributed by atoms with Crippen molar-refractivity contribution < 1.29 is 0 Å². The first kappa shape index (κ1) is 12.3. The van der Waals surface area contributed by atoms with Crippen molar-refractivity contribution in [2.24, 2.45) is 11.3 Å². The number of allylic oxidation sites excluding steroid dienone is 2. The molecule has 0 spiro atoms. The first-order valence-corrected chi connectivity index (χ1v) is 7.74. The monoisotopic (exact) mass is 295 g/mol. The Morgan fingerprint density at radius 3 is 2.50 bits per heavy atom. The third-order valence-corrected chi connectivity index (χ3v) is 5.80. The van der Waals surface area contributed by atoms with Crippen LogP contribution in [0.15, 0.2) is 51.6 Å². The van der Waals surface area contributed by atoms with Crippen molar-refractivity contribution in [3.05, 3.63) is 62.9 Å². The lowest BCUT2D eigenvalue weighted by atomic mass is 9.81. The summed E-state index contributed by atoms with van der Waals surface area (Å²) in [6.07, 6.45) is 3.27. The van der Waals surface area contributed by atoms with Crippen LogP contribution in [0.25, 0.3) is 5.69 Å². The fourth-order valence-electron chi connectivity index (χ4n) is 4.73. The average Bonchev–Trinajstić information content (AvgIpc) is 3.15. The average molecular weight is 295 g/mol. The molecule has 2 aliphatic carbocycles. The van der Waals surface area contributed by atoms with Crippen LogP contribution in [0.5, 0.6) is 0 Å². The Morgan fingerprint density at radius 1 is 1.09 bits per heavy atom. The number of rotatable bonds is 1. The first-order valence-electron chi connectivity index (χ1n) is 7.74. The zero-order valence-electron chi connectivity index (χ0n) is 12.6. The Morgan fingerprint density at radius 2 is 1.77 bits per heavy atom. The molecule has 5 nitrogen and oxygen atoms in total. The van der Waals surface area contributed by atoms with Crippen molar-refractivity contribution in [1.82, 2.24) is 13.9 Å². The molecule has 22 heavy (non-hydrogen) atoms. The molecule has 0 radical (unpaired) electrons. The van der Waals surface area contributed by atoms with E-state index in [0.717, 1.165) is 6.42 Å². The van der Waals surface area contributed by atoms with Gasteiger partial charge in [0.1, 0.15) is 0 Å². The molecule has 2 aromatic rings. The molecular formula is C17H17N3O2. The van der Waals surface area contributed by atoms with Gasteiger partial charge in [-0.05, 0) is 36.8 Å². The second kappa shape index (κ2) is 3.54. The van der Waals surface area contributed by atoms with Crippen molar-refractivity contribution in [2.75, 3.05) is 0 Å². The Kier molecular flexibility index (Phi) is 1.97. The highest BCUT2D eigenvalue weighted by Gasteiger charge is 2.66. The molecule has 4 aliphatic rings. The predicted molar refractivity (Wildman–Crippen MR) is 82.3 cm³/mol. The van der Waals surface area contributed by atoms with Crippen molar-refractivity contribution >= 4 is 0 Å². The Labute approximate surface area is 127 Å². The maximum Gasteiger partial charge on any atom is 0.352 e. The van der Waals surface area contributed by atoms with Crippen LogP contribution in [-0.4, -0.2) is 13.9 Å². The summed E-state index contributed by atoms with van der Waals surface area (Å²) in [5, 5.41) is 0. The number of aromatic nitrogens is 3. The summed E-state index contributed by atoms with van der Waals surface area (Å²) in [6.45, 7) is 4.32. The van der Waals surface area contributed by atoms with Crippen LogP contribution in [0.4, 0.5) is 0 Å². The van der Waals surface area contributed by atoms with Crippen molar-refractivity contribution in [2.45, 2.75) is 32.4 Å². The first-order chi connectivity index (χ1) is 10.5. The number of para-hydroxylation sites is 1. The van der Waals surface area contributed by atoms with Crippen molar-refractivity contribution in [3.63, 3.8) is 0 Å². The third-order valence-electron chi connectivity index (χ3n) is 5.80. The smallest absolute Gasteiger partial charge is 0.245 e. The molecule has 6 rings (SSSR count). The second-order valence-electron chi connectivity index (χ2n) is 7.05. The minimum atomic E-state index is -0.219. The topological polar surface area (TPSA) is 48.9 Å². The van der Waals surface area contributed by atoms with Gasteiger partial charge < -0.3 is 0 Å². The molecule has 4 unspecified atom stereocenters. The lowest BCUT2D eigenvalue weighted by Gasteiger charge is -2.40. The van der Waals surface area contributed by atoms with Gasteiger partial charge in [0.2, 0.25) is 0 Å². The van der Waals surface area contributed by atoms with E-state index < -0.39 is 0 Å². The summed E-state index contributed by atoms with van der Waals surface area (Å²) >= 11 is 0. The molecule has 3 heterocycles. The van der Waals surface area contributed by atoms with Crippen LogP contribution in [0.1, 0.15) is 32.4 Å². The maximum absolute atomic E-state index is 13.0. The zero-order valence-corrected chi connectivity index (χ0v) is 12.6. The van der Waals surface area contributed by atoms with E-state index in [4.69, 9.17) is 0 Å². The Bertz CT molecular complexity index is 947. The number of nitrogens with zero attached hydrogens (tertiary/aromatic N) is 3. The lowest BCUT2D eigenvalue weighted by molar-refractivity contribution is 0.168. The molecule has 2 aliphatic heterocycles. The van der Waals surface area contributed by atoms with E-state index >= 15 is 0 Å². The molecule has 0 saturated heterocycles. The number of benzene rings is 1. The van der Waals surface area contributed by atoms with Crippen LogP contribution in [-0.2, 0) is 0 Å². The molecular weight excluding hydrogens is 278 g/mol. The summed E-state index contributed by atoms with van der Waals surface area (Å²) in [5.74, 6) is 0.491. The molecule has 2 bridgehead atoms. The van der Waals surface area contributed by atoms with Gasteiger partial charge in [0.15, 0.2) is 0 Å². The van der Waals surface area contributed by atoms with E-state index in [1.165, 1.54) is 10.1 Å². The molecule has 4 atom stereocenters. The minimum absolute atomic E-state index is 0.0210. The highest BCUT2D eigenvalue weighted by molar-refractivity contribution is 5.34. The van der Waals surface area contributed by atoms with E-state index in [2.05, 4.69) is 19.9 Å². The quantitative estimate of drug-likeness (QED) is 0.754. The number of hydrogen-bond donors (Lipinski definition) is 0. The summed E-state index contributed by atoms with van der Waals surface area (Å²) in [7, 11) is 0. The van der Waals surface area contributed by atoms with Crippen LogP contribution in [0.2, 0.25) is 0 Å². The van der Waals surface area contributed by atoms with Gasteiger partial charge in [-0.3, -0.25) is 0 Å². The summed E-state index contributed by atoms with van der Waals surface area (Å²) in [4.78, 5) is 25.8. The van der Waals surface area contributed by atoms with Gasteiger partial charge >= 0.3 is 11.4 Å². The van der Waals surface area contributed by atoms with Crippen LogP contribution in [0, 0.1) is 11.3 Å². The van der Waals surface area contributed by atoms with E-state index in [1.807, 2.05) is 18.2 Å². The molecule has 0 amide bonds. The fraction of sp³-hybridized carbons (Fsp3) is 0.412. The minimum Gasteiger partial charge on any atom is -0.245 e. The van der Waals surface area contributed by atoms with E-state index in [1.54, 1.807) is 21.5 Å². The van der Waals surface area contributed by atoms with Crippen molar-refractivity contribution in [3.8, 4) is 5.69 Å². The van der Waals surface area contributed by atoms with Crippen LogP contribution >= 0.6 is 0 Å². The van der Waals surface area contributed by atoms with Gasteiger partial charge in [0.05, 0.1) is 17.8 Å². The highest BCUT2D eigenvalue weighted by atomic mass is 16.2. The van der Waals surface area contributed by atoms with Gasteiger partial charge in [0.25, 0.3) is 0 Å². The molecule has 112 valence electrons. The highest BCUT2D eigenvalue weighted by Crippen LogP contribution is 2.70. The zero-order chi connectivity index (χ0) is 15.2. The lowest BCUT2D eigenvalue weighted by Crippen LogP contribution is -2.45. The predicted octanol–water partition coefficient (Wildman–Crippen LogP) is 1.88. The Balaban J connectivity index is 1.84. The van der Waals surface area contributed by atoms with Crippen LogP contribution in [0.3, 0.4) is 0 Å². The molecule has 1 aromatic carbocycles. The van der Waals surface area contributed by atoms with Gasteiger partial charge in [-0.2, -0.15) is 0 Å². The summed E-state index contributed by atoms with van der Waals surface area (Å²) < 4.78 is 4.70. The van der Waals surface area contributed by atoms with Gasteiger partial charge in [-0.1, -0.05) is 36.8 Å². The summed E-state index contributed by atoms with van der Waals surface area (Å²) in [6, 6.07) is 9.24. The van der Waals surface area contributed by atoms with E-state index in [9.17, 15) is 9.59 Å². The molecule has 1 saturated carbocycles. The third kappa shape index (κ3) is 1.18. The molecule has 1 fully saturated rings. The SMILES string of the molecule is CC1=CC2C3CC3(C)C1n1c(=O)n(-c3ccccc3)c(=O)n12. The summed E-state index contributed by atoms with van der Waals surface area (Å²) in [5.41, 5.74) is 1.56. The standard InChI is InChI=1S/C17H17N3O2/c1-10-8-13-12-9-17(12,2)14(10)20-16(22)18(15(21)19(13)20)11-6-4-3-5-7-11/h3-8,12-14H,9H2,1-2H3. The van der Waals surface area contributed by atoms with Gasteiger partial charge in [-0.25, -0.2) is 23.5 Å². The Hall–Kier alpha value is -2.30. The van der Waals surface area contributed by atoms with Gasteiger partial charge in [0, 0.05) is 0 Å².